The number of rotatable bonds is 7. The molecule has 0 aliphatic heterocycles. The van der Waals surface area contributed by atoms with Gasteiger partial charge in [0.25, 0.3) is 0 Å². The Kier molecular flexibility index (Phi) is 9.21. The molecule has 10 aromatic carbocycles. The van der Waals surface area contributed by atoms with Crippen LogP contribution in [0.4, 0.5) is 0 Å². The van der Waals surface area contributed by atoms with Gasteiger partial charge in [0.05, 0.1) is 11.4 Å². The molecule has 0 fully saturated rings. The molecule has 0 saturated heterocycles. The van der Waals surface area contributed by atoms with Gasteiger partial charge in [0.15, 0.2) is 5.82 Å². The Balaban J connectivity index is 1.05. The molecular formula is C63H44N2. The highest BCUT2D eigenvalue weighted by molar-refractivity contribution is 6.06. The molecule has 65 heavy (non-hydrogen) atoms. The Morgan fingerprint density at radius 3 is 1.52 bits per heavy atom. The minimum atomic E-state index is -0.102. The fourth-order valence-corrected chi connectivity index (χ4v) is 10.3. The van der Waals surface area contributed by atoms with Gasteiger partial charge in [-0.25, -0.2) is 9.97 Å². The zero-order valence-electron chi connectivity index (χ0n) is 36.3. The predicted octanol–water partition coefficient (Wildman–Crippen LogP) is 16.8. The number of benzene rings is 10. The Hall–Kier alpha value is -8.20. The van der Waals surface area contributed by atoms with Crippen LogP contribution in [0.3, 0.4) is 0 Å². The highest BCUT2D eigenvalue weighted by Gasteiger charge is 2.35. The molecule has 0 N–H and O–H groups in total. The van der Waals surface area contributed by atoms with Gasteiger partial charge in [-0.2, -0.15) is 0 Å². The van der Waals surface area contributed by atoms with E-state index in [1.807, 2.05) is 6.07 Å². The molecule has 1 aliphatic rings. The van der Waals surface area contributed by atoms with Gasteiger partial charge in [-0.15, -0.1) is 0 Å². The molecule has 1 heterocycles. The van der Waals surface area contributed by atoms with Crippen molar-refractivity contribution in [2.75, 3.05) is 0 Å². The van der Waals surface area contributed by atoms with E-state index in [-0.39, 0.29) is 5.41 Å². The average molecular weight is 829 g/mol. The third kappa shape index (κ3) is 6.65. The Bertz CT molecular complexity index is 3620. The smallest absolute Gasteiger partial charge is 0.160 e. The lowest BCUT2D eigenvalue weighted by molar-refractivity contribution is 0.660. The van der Waals surface area contributed by atoms with Gasteiger partial charge in [0.2, 0.25) is 0 Å². The zero-order chi connectivity index (χ0) is 43.5. The summed E-state index contributed by atoms with van der Waals surface area (Å²) in [7, 11) is 0. The van der Waals surface area contributed by atoms with Gasteiger partial charge in [0.1, 0.15) is 0 Å². The monoisotopic (exact) mass is 828 g/mol. The molecule has 0 atom stereocenters. The summed E-state index contributed by atoms with van der Waals surface area (Å²) in [6, 6.07) is 83.5. The third-order valence-corrected chi connectivity index (χ3v) is 13.5. The van der Waals surface area contributed by atoms with Gasteiger partial charge in [-0.05, 0) is 119 Å². The summed E-state index contributed by atoms with van der Waals surface area (Å²) < 4.78 is 0. The quantitative estimate of drug-likeness (QED) is 0.160. The van der Waals surface area contributed by atoms with E-state index >= 15 is 0 Å². The normalized spacial score (nSPS) is 12.6. The average Bonchev–Trinajstić information content (AvgIpc) is 3.61. The molecule has 0 radical (unpaired) electrons. The Morgan fingerprint density at radius 1 is 0.277 bits per heavy atom. The van der Waals surface area contributed by atoms with Crippen molar-refractivity contribution >= 4 is 21.5 Å². The first-order valence-corrected chi connectivity index (χ1v) is 22.5. The first kappa shape index (κ1) is 38.5. The number of fused-ring (bicyclic) bond motifs is 5. The SMILES string of the molecule is CC1(C)c2ccccc2-c2ccc(-c3cc(-c4cccc5ccccc45)cc(-c4ccc(-c5cc(-c6ccccc6-c6ccccc6)nc(-c6ccccc6)n5)c5ccccc45)c3)cc21. The van der Waals surface area contributed by atoms with Crippen molar-refractivity contribution in [2.24, 2.45) is 0 Å². The van der Waals surface area contributed by atoms with E-state index in [2.05, 4.69) is 238 Å². The minimum absolute atomic E-state index is 0.102. The van der Waals surface area contributed by atoms with Crippen LogP contribution in [0, 0.1) is 0 Å². The van der Waals surface area contributed by atoms with E-state index in [1.54, 1.807) is 0 Å². The molecule has 12 rings (SSSR count). The van der Waals surface area contributed by atoms with Crippen molar-refractivity contribution in [3.63, 3.8) is 0 Å². The van der Waals surface area contributed by atoms with Gasteiger partial charge >= 0.3 is 0 Å². The van der Waals surface area contributed by atoms with Crippen LogP contribution in [0.15, 0.2) is 231 Å². The standard InChI is InChI=1S/C63H44N2/c1-63(2)58-31-16-15-28-54(58)55-33-32-44(39-59(55)63)45-36-46(50-30-17-23-42-20-9-10-24-48(42)50)38-47(37-45)51-34-35-57(53-27-13-12-26-52(51)53)61-40-60(64-62(65-61)43-21-7-4-8-22-43)56-29-14-11-25-49(56)41-18-5-3-6-19-41/h3-40H,1-2H3. The van der Waals surface area contributed by atoms with Crippen molar-refractivity contribution in [2.45, 2.75) is 19.3 Å². The molecule has 0 spiro atoms. The van der Waals surface area contributed by atoms with Gasteiger partial charge in [-0.1, -0.05) is 214 Å². The molecule has 1 aromatic heterocycles. The van der Waals surface area contributed by atoms with Crippen LogP contribution in [0.1, 0.15) is 25.0 Å². The lowest BCUT2D eigenvalue weighted by Gasteiger charge is -2.22. The summed E-state index contributed by atoms with van der Waals surface area (Å²) in [5, 5.41) is 4.78. The Labute approximate surface area is 380 Å². The van der Waals surface area contributed by atoms with Crippen molar-refractivity contribution < 1.29 is 0 Å². The van der Waals surface area contributed by atoms with Crippen molar-refractivity contribution in [3.8, 4) is 89.5 Å². The van der Waals surface area contributed by atoms with Crippen molar-refractivity contribution in [1.82, 2.24) is 9.97 Å². The van der Waals surface area contributed by atoms with Gasteiger partial charge < -0.3 is 0 Å². The first-order chi connectivity index (χ1) is 32.0. The summed E-state index contributed by atoms with van der Waals surface area (Å²) >= 11 is 0. The molecule has 2 nitrogen and oxygen atoms in total. The topological polar surface area (TPSA) is 25.8 Å². The van der Waals surface area contributed by atoms with Gasteiger partial charge in [-0.3, -0.25) is 0 Å². The van der Waals surface area contributed by atoms with E-state index in [4.69, 9.17) is 9.97 Å². The largest absolute Gasteiger partial charge is 0.228 e. The Morgan fingerprint density at radius 2 is 0.769 bits per heavy atom. The summed E-state index contributed by atoms with van der Waals surface area (Å²) in [5.41, 5.74) is 19.6. The zero-order valence-corrected chi connectivity index (χ0v) is 36.3. The fourth-order valence-electron chi connectivity index (χ4n) is 10.3. The highest BCUT2D eigenvalue weighted by atomic mass is 14.9. The lowest BCUT2D eigenvalue weighted by Crippen LogP contribution is -2.14. The maximum Gasteiger partial charge on any atom is 0.160 e. The van der Waals surface area contributed by atoms with Crippen LogP contribution in [0.2, 0.25) is 0 Å². The number of aromatic nitrogens is 2. The van der Waals surface area contributed by atoms with E-state index in [9.17, 15) is 0 Å². The lowest BCUT2D eigenvalue weighted by atomic mass is 9.81. The second kappa shape index (κ2) is 15.6. The minimum Gasteiger partial charge on any atom is -0.228 e. The van der Waals surface area contributed by atoms with Crippen LogP contribution in [0.5, 0.6) is 0 Å². The van der Waals surface area contributed by atoms with Crippen LogP contribution in [0.25, 0.3) is 111 Å². The molecular weight excluding hydrogens is 785 g/mol. The maximum atomic E-state index is 5.33. The summed E-state index contributed by atoms with van der Waals surface area (Å²) in [6.07, 6.45) is 0. The number of nitrogens with zero attached hydrogens (tertiary/aromatic N) is 2. The molecule has 2 heteroatoms. The van der Waals surface area contributed by atoms with Crippen LogP contribution in [-0.2, 0) is 5.41 Å². The van der Waals surface area contributed by atoms with E-state index in [0.29, 0.717) is 5.82 Å². The highest BCUT2D eigenvalue weighted by Crippen LogP contribution is 2.50. The molecule has 0 saturated carbocycles. The van der Waals surface area contributed by atoms with Gasteiger partial charge in [0, 0.05) is 22.1 Å². The molecule has 11 aromatic rings. The van der Waals surface area contributed by atoms with Crippen molar-refractivity contribution in [3.05, 3.63) is 242 Å². The second-order valence-corrected chi connectivity index (χ2v) is 17.7. The molecule has 1 aliphatic carbocycles. The maximum absolute atomic E-state index is 5.33. The third-order valence-electron chi connectivity index (χ3n) is 13.5. The van der Waals surface area contributed by atoms with Crippen LogP contribution >= 0.6 is 0 Å². The molecule has 306 valence electrons. The molecule has 0 bridgehead atoms. The molecule has 0 unspecified atom stereocenters. The van der Waals surface area contributed by atoms with E-state index in [1.165, 1.54) is 71.8 Å². The van der Waals surface area contributed by atoms with E-state index in [0.717, 1.165) is 44.6 Å². The fraction of sp³-hybridized carbons (Fsp3) is 0.0476. The number of hydrogen-bond donors (Lipinski definition) is 0. The van der Waals surface area contributed by atoms with Crippen LogP contribution < -0.4 is 0 Å². The van der Waals surface area contributed by atoms with E-state index < -0.39 is 0 Å². The van der Waals surface area contributed by atoms with Crippen molar-refractivity contribution in [1.29, 1.82) is 0 Å². The number of hydrogen-bond acceptors (Lipinski definition) is 2. The summed E-state index contributed by atoms with van der Waals surface area (Å²) in [6.45, 7) is 4.72. The molecule has 0 amide bonds. The summed E-state index contributed by atoms with van der Waals surface area (Å²) in [4.78, 5) is 10.6. The predicted molar refractivity (Wildman–Crippen MR) is 273 cm³/mol. The first-order valence-electron chi connectivity index (χ1n) is 22.5. The van der Waals surface area contributed by atoms with Crippen LogP contribution in [-0.4, -0.2) is 9.97 Å². The second-order valence-electron chi connectivity index (χ2n) is 17.7. The summed E-state index contributed by atoms with van der Waals surface area (Å²) in [5.74, 6) is 0.696.